The molecular formula is C11H18N2O2S. The van der Waals surface area contributed by atoms with Gasteiger partial charge in [0, 0.05) is 50.5 Å². The van der Waals surface area contributed by atoms with Crippen molar-refractivity contribution < 1.29 is 9.59 Å². The minimum atomic E-state index is 0.194. The van der Waals surface area contributed by atoms with E-state index in [-0.39, 0.29) is 5.91 Å². The second kappa shape index (κ2) is 5.68. The van der Waals surface area contributed by atoms with Gasteiger partial charge in [0.1, 0.15) is 5.78 Å². The summed E-state index contributed by atoms with van der Waals surface area (Å²) in [5.74, 6) is 2.75. The molecule has 0 unspecified atom stereocenters. The molecule has 0 radical (unpaired) electrons. The second-order valence-electron chi connectivity index (χ2n) is 4.31. The first-order valence-corrected chi connectivity index (χ1v) is 7.01. The third-order valence-corrected chi connectivity index (χ3v) is 4.08. The third kappa shape index (κ3) is 3.22. The molecule has 0 aromatic carbocycles. The largest absolute Gasteiger partial charge is 0.341 e. The molecule has 2 aliphatic rings. The molecule has 2 fully saturated rings. The Morgan fingerprint density at radius 1 is 1.12 bits per heavy atom. The first-order chi connectivity index (χ1) is 7.75. The van der Waals surface area contributed by atoms with Crippen molar-refractivity contribution in [3.05, 3.63) is 0 Å². The number of nitrogens with zero attached hydrogens (tertiary/aromatic N) is 2. The minimum Gasteiger partial charge on any atom is -0.341 e. The molecule has 2 rings (SSSR count). The van der Waals surface area contributed by atoms with Crippen LogP contribution in [0.3, 0.4) is 0 Å². The zero-order chi connectivity index (χ0) is 11.4. The number of amides is 1. The van der Waals surface area contributed by atoms with Crippen LogP contribution in [0, 0.1) is 0 Å². The molecule has 0 atom stereocenters. The van der Waals surface area contributed by atoms with Crippen molar-refractivity contribution in [1.82, 2.24) is 9.80 Å². The van der Waals surface area contributed by atoms with E-state index in [9.17, 15) is 9.59 Å². The molecule has 0 N–H and O–H groups in total. The molecular weight excluding hydrogens is 224 g/mol. The van der Waals surface area contributed by atoms with Crippen molar-refractivity contribution in [2.24, 2.45) is 0 Å². The van der Waals surface area contributed by atoms with E-state index in [1.807, 2.05) is 16.7 Å². The lowest BCUT2D eigenvalue weighted by Gasteiger charge is -2.31. The molecule has 2 aliphatic heterocycles. The van der Waals surface area contributed by atoms with Crippen LogP contribution in [0.1, 0.15) is 12.8 Å². The van der Waals surface area contributed by atoms with Crippen LogP contribution in [0.2, 0.25) is 0 Å². The van der Waals surface area contributed by atoms with Crippen molar-refractivity contribution in [3.63, 3.8) is 0 Å². The highest BCUT2D eigenvalue weighted by atomic mass is 32.2. The molecule has 0 spiro atoms. The highest BCUT2D eigenvalue weighted by Crippen LogP contribution is 2.11. The number of Topliss-reactive ketones (excluding diaryl/α,β-unsaturated/α-hetero) is 1. The summed E-state index contributed by atoms with van der Waals surface area (Å²) in [4.78, 5) is 27.1. The molecule has 0 aromatic rings. The van der Waals surface area contributed by atoms with E-state index >= 15 is 0 Å². The van der Waals surface area contributed by atoms with Crippen molar-refractivity contribution in [1.29, 1.82) is 0 Å². The number of thioether (sulfide) groups is 1. The number of rotatable bonds is 2. The lowest BCUT2D eigenvalue weighted by Crippen LogP contribution is -2.46. The monoisotopic (exact) mass is 242 g/mol. The summed E-state index contributed by atoms with van der Waals surface area (Å²) in [6.07, 6.45) is 1.09. The topological polar surface area (TPSA) is 40.6 Å². The van der Waals surface area contributed by atoms with Gasteiger partial charge in [-0.1, -0.05) is 0 Å². The van der Waals surface area contributed by atoms with Crippen molar-refractivity contribution >= 4 is 23.5 Å². The van der Waals surface area contributed by atoms with Crippen LogP contribution >= 0.6 is 11.8 Å². The first-order valence-electron chi connectivity index (χ1n) is 5.85. The number of hydrogen-bond donors (Lipinski definition) is 0. The predicted octanol–water partition coefficient (Wildman–Crippen LogP) is 0.227. The summed E-state index contributed by atoms with van der Waals surface area (Å²) in [7, 11) is 0. The summed E-state index contributed by atoms with van der Waals surface area (Å²) in [5, 5.41) is 0. The summed E-state index contributed by atoms with van der Waals surface area (Å²) < 4.78 is 0. The van der Waals surface area contributed by atoms with Crippen molar-refractivity contribution in [3.8, 4) is 0 Å². The van der Waals surface area contributed by atoms with Gasteiger partial charge in [0.15, 0.2) is 0 Å². The highest BCUT2D eigenvalue weighted by molar-refractivity contribution is 7.99. The van der Waals surface area contributed by atoms with Crippen LogP contribution < -0.4 is 0 Å². The molecule has 5 heteroatoms. The maximum absolute atomic E-state index is 11.9. The van der Waals surface area contributed by atoms with Crippen LogP contribution in [-0.2, 0) is 9.59 Å². The molecule has 0 aliphatic carbocycles. The maximum atomic E-state index is 11.9. The fourth-order valence-corrected chi connectivity index (χ4v) is 3.03. The van der Waals surface area contributed by atoms with E-state index in [0.29, 0.717) is 38.3 Å². The van der Waals surface area contributed by atoms with Gasteiger partial charge in [-0.3, -0.25) is 14.5 Å². The lowest BCUT2D eigenvalue weighted by molar-refractivity contribution is -0.135. The van der Waals surface area contributed by atoms with Crippen molar-refractivity contribution in [2.45, 2.75) is 12.8 Å². The summed E-state index contributed by atoms with van der Waals surface area (Å²) in [6.45, 7) is 3.82. The van der Waals surface area contributed by atoms with E-state index in [0.717, 1.165) is 24.6 Å². The van der Waals surface area contributed by atoms with E-state index in [2.05, 4.69) is 4.90 Å². The highest BCUT2D eigenvalue weighted by Gasteiger charge is 2.22. The molecule has 16 heavy (non-hydrogen) atoms. The van der Waals surface area contributed by atoms with E-state index in [4.69, 9.17) is 0 Å². The molecule has 0 aromatic heterocycles. The Balaban J connectivity index is 1.76. The second-order valence-corrected chi connectivity index (χ2v) is 5.53. The van der Waals surface area contributed by atoms with Gasteiger partial charge in [0.2, 0.25) is 5.91 Å². The Morgan fingerprint density at radius 3 is 2.38 bits per heavy atom. The molecule has 1 amide bonds. The zero-order valence-electron chi connectivity index (χ0n) is 9.48. The van der Waals surface area contributed by atoms with E-state index in [1.165, 1.54) is 0 Å². The average molecular weight is 242 g/mol. The molecule has 2 heterocycles. The number of ketones is 1. The van der Waals surface area contributed by atoms with Gasteiger partial charge in [-0.15, -0.1) is 0 Å². The van der Waals surface area contributed by atoms with E-state index < -0.39 is 0 Å². The average Bonchev–Trinajstić information content (AvgIpc) is 2.31. The Hall–Kier alpha value is -0.550. The maximum Gasteiger partial charge on any atom is 0.236 e. The molecule has 0 bridgehead atoms. The number of carbonyl (C=O) groups is 2. The van der Waals surface area contributed by atoms with Gasteiger partial charge < -0.3 is 4.90 Å². The fourth-order valence-electron chi connectivity index (χ4n) is 2.06. The number of hydrogen-bond acceptors (Lipinski definition) is 4. The van der Waals surface area contributed by atoms with Crippen LogP contribution in [0.25, 0.3) is 0 Å². The van der Waals surface area contributed by atoms with Gasteiger partial charge in [-0.2, -0.15) is 11.8 Å². The van der Waals surface area contributed by atoms with Crippen LogP contribution in [0.15, 0.2) is 0 Å². The third-order valence-electron chi connectivity index (χ3n) is 3.14. The van der Waals surface area contributed by atoms with Crippen LogP contribution in [0.5, 0.6) is 0 Å². The summed E-state index contributed by atoms with van der Waals surface area (Å²) >= 11 is 1.95. The Kier molecular flexibility index (Phi) is 4.23. The number of likely N-dealkylation sites (tertiary alicyclic amines) is 1. The van der Waals surface area contributed by atoms with Crippen LogP contribution in [-0.4, -0.2) is 65.7 Å². The van der Waals surface area contributed by atoms with Gasteiger partial charge >= 0.3 is 0 Å². The van der Waals surface area contributed by atoms with E-state index in [1.54, 1.807) is 0 Å². The summed E-state index contributed by atoms with van der Waals surface area (Å²) in [6, 6.07) is 0. The first kappa shape index (κ1) is 11.9. The van der Waals surface area contributed by atoms with Crippen molar-refractivity contribution in [2.75, 3.05) is 44.2 Å². The van der Waals surface area contributed by atoms with Gasteiger partial charge in [0.25, 0.3) is 0 Å². The molecule has 90 valence electrons. The van der Waals surface area contributed by atoms with Crippen LogP contribution in [0.4, 0.5) is 0 Å². The van der Waals surface area contributed by atoms with Gasteiger partial charge in [-0.05, 0) is 0 Å². The molecule has 4 nitrogen and oxygen atoms in total. The fraction of sp³-hybridized carbons (Fsp3) is 0.818. The zero-order valence-corrected chi connectivity index (χ0v) is 10.3. The minimum absolute atomic E-state index is 0.194. The smallest absolute Gasteiger partial charge is 0.236 e. The van der Waals surface area contributed by atoms with Gasteiger partial charge in [0.05, 0.1) is 6.54 Å². The number of piperidine rings is 1. The molecule has 0 saturated carbocycles. The van der Waals surface area contributed by atoms with Gasteiger partial charge in [-0.25, -0.2) is 0 Å². The summed E-state index contributed by atoms with van der Waals surface area (Å²) in [5.41, 5.74) is 0. The SMILES string of the molecule is O=C1CCN(C(=O)CN2CCSCC2)CC1. The number of carbonyl (C=O) groups excluding carboxylic acids is 2. The lowest BCUT2D eigenvalue weighted by atomic mass is 10.1. The standard InChI is InChI=1S/C11H18N2O2S/c14-10-1-3-13(4-2-10)11(15)9-12-5-7-16-8-6-12/h1-9H2. The molecule has 2 saturated heterocycles. The predicted molar refractivity (Wildman–Crippen MR) is 64.6 cm³/mol. The quantitative estimate of drug-likeness (QED) is 0.695. The Bertz CT molecular complexity index is 267. The Morgan fingerprint density at radius 2 is 1.75 bits per heavy atom. The normalized spacial score (nSPS) is 23.5. The Labute approximate surface area is 100 Å².